The number of rotatable bonds is 5. The lowest BCUT2D eigenvalue weighted by molar-refractivity contribution is -0.139. The van der Waals surface area contributed by atoms with Crippen LogP contribution in [-0.4, -0.2) is 48.6 Å². The second-order valence-electron chi connectivity index (χ2n) is 4.92. The maximum atomic E-state index is 11.7. The highest BCUT2D eigenvalue weighted by Crippen LogP contribution is 2.22. The Bertz CT molecular complexity index is 487. The van der Waals surface area contributed by atoms with E-state index in [1.165, 1.54) is 6.08 Å². The van der Waals surface area contributed by atoms with E-state index in [1.54, 1.807) is 6.92 Å². The van der Waals surface area contributed by atoms with Gasteiger partial charge in [-0.2, -0.15) is 0 Å². The Balaban J connectivity index is 2.60. The molecule has 1 aliphatic heterocycles. The van der Waals surface area contributed by atoms with Gasteiger partial charge in [-0.25, -0.2) is 18.0 Å². The van der Waals surface area contributed by atoms with Crippen molar-refractivity contribution in [2.75, 3.05) is 11.5 Å². The summed E-state index contributed by atoms with van der Waals surface area (Å²) in [6.45, 7) is 5.04. The number of sulfone groups is 1. The summed E-state index contributed by atoms with van der Waals surface area (Å²) in [7, 11) is -3.13. The molecule has 0 aliphatic carbocycles. The number of aliphatic carboxylic acids is 1. The minimum absolute atomic E-state index is 0.0266. The Morgan fingerprint density at radius 2 is 2.16 bits per heavy atom. The number of carbonyl (C=O) groups is 2. The zero-order valence-corrected chi connectivity index (χ0v) is 11.5. The van der Waals surface area contributed by atoms with Crippen molar-refractivity contribution in [2.45, 2.75) is 31.3 Å². The van der Waals surface area contributed by atoms with Crippen molar-refractivity contribution < 1.29 is 23.1 Å². The summed E-state index contributed by atoms with van der Waals surface area (Å²) >= 11 is 0. The zero-order valence-electron chi connectivity index (χ0n) is 10.7. The van der Waals surface area contributed by atoms with E-state index in [2.05, 4.69) is 17.2 Å². The Morgan fingerprint density at radius 1 is 1.53 bits per heavy atom. The fraction of sp³-hybridized carbons (Fsp3) is 0.636. The van der Waals surface area contributed by atoms with E-state index in [-0.39, 0.29) is 17.9 Å². The van der Waals surface area contributed by atoms with Crippen molar-refractivity contribution in [3.8, 4) is 0 Å². The van der Waals surface area contributed by atoms with Gasteiger partial charge in [-0.15, -0.1) is 6.58 Å². The van der Waals surface area contributed by atoms with Gasteiger partial charge in [0.25, 0.3) is 0 Å². The quantitative estimate of drug-likeness (QED) is 0.612. The van der Waals surface area contributed by atoms with Crippen LogP contribution in [0, 0.1) is 0 Å². The number of hydrogen-bond donors (Lipinski definition) is 3. The summed E-state index contributed by atoms with van der Waals surface area (Å²) in [6.07, 6.45) is 1.81. The van der Waals surface area contributed by atoms with Gasteiger partial charge in [-0.1, -0.05) is 6.08 Å². The third-order valence-corrected chi connectivity index (χ3v) is 4.83. The van der Waals surface area contributed by atoms with Crippen LogP contribution in [0.1, 0.15) is 19.8 Å². The maximum absolute atomic E-state index is 11.7. The number of carboxylic acids is 1. The molecule has 1 aliphatic rings. The molecule has 7 nitrogen and oxygen atoms in total. The first-order valence-corrected chi connectivity index (χ1v) is 7.62. The molecule has 0 spiro atoms. The summed E-state index contributed by atoms with van der Waals surface area (Å²) in [5, 5.41) is 13.7. The van der Waals surface area contributed by atoms with E-state index < -0.39 is 33.4 Å². The molecule has 3 N–H and O–H groups in total. The molecule has 0 aromatic heterocycles. The van der Waals surface area contributed by atoms with Gasteiger partial charge in [0.1, 0.15) is 6.04 Å². The average Bonchev–Trinajstić information content (AvgIpc) is 2.51. The first-order chi connectivity index (χ1) is 8.67. The Kier molecular flexibility index (Phi) is 4.56. The topological polar surface area (TPSA) is 113 Å². The van der Waals surface area contributed by atoms with Crippen LogP contribution in [0.5, 0.6) is 0 Å². The molecule has 2 amide bonds. The molecule has 0 aromatic rings. The summed E-state index contributed by atoms with van der Waals surface area (Å²) in [5.74, 6) is -1.27. The van der Waals surface area contributed by atoms with E-state index in [9.17, 15) is 18.0 Å². The van der Waals surface area contributed by atoms with Gasteiger partial charge in [0.05, 0.1) is 17.0 Å². The lowest BCUT2D eigenvalue weighted by Gasteiger charge is -2.25. The van der Waals surface area contributed by atoms with Crippen molar-refractivity contribution in [2.24, 2.45) is 0 Å². The van der Waals surface area contributed by atoms with Gasteiger partial charge in [0, 0.05) is 0 Å². The molecule has 0 saturated carbocycles. The van der Waals surface area contributed by atoms with Crippen LogP contribution in [0.15, 0.2) is 12.7 Å². The minimum Gasteiger partial charge on any atom is -0.480 e. The number of hydrogen-bond acceptors (Lipinski definition) is 4. The van der Waals surface area contributed by atoms with Gasteiger partial charge in [-0.3, -0.25) is 0 Å². The largest absolute Gasteiger partial charge is 0.480 e. The molecule has 19 heavy (non-hydrogen) atoms. The van der Waals surface area contributed by atoms with Crippen LogP contribution < -0.4 is 10.6 Å². The fourth-order valence-corrected chi connectivity index (χ4v) is 4.06. The first kappa shape index (κ1) is 15.5. The molecule has 8 heteroatoms. The van der Waals surface area contributed by atoms with Crippen molar-refractivity contribution in [3.63, 3.8) is 0 Å². The third kappa shape index (κ3) is 4.55. The van der Waals surface area contributed by atoms with Gasteiger partial charge in [0.15, 0.2) is 9.84 Å². The smallest absolute Gasteiger partial charge is 0.326 e. The second kappa shape index (κ2) is 5.60. The lowest BCUT2D eigenvalue weighted by Crippen LogP contribution is -2.54. The highest BCUT2D eigenvalue weighted by atomic mass is 32.2. The first-order valence-electron chi connectivity index (χ1n) is 5.80. The molecular formula is C11H18N2O5S. The Morgan fingerprint density at radius 3 is 2.58 bits per heavy atom. The minimum atomic E-state index is -3.13. The number of nitrogens with one attached hydrogen (secondary N) is 2. The van der Waals surface area contributed by atoms with Crippen LogP contribution in [0.3, 0.4) is 0 Å². The van der Waals surface area contributed by atoms with E-state index in [0.29, 0.717) is 6.42 Å². The van der Waals surface area contributed by atoms with Gasteiger partial charge in [0.2, 0.25) is 0 Å². The van der Waals surface area contributed by atoms with Crippen molar-refractivity contribution in [3.05, 3.63) is 12.7 Å². The highest BCUT2D eigenvalue weighted by molar-refractivity contribution is 7.91. The van der Waals surface area contributed by atoms with Gasteiger partial charge < -0.3 is 15.7 Å². The average molecular weight is 290 g/mol. The molecule has 2 atom stereocenters. The molecule has 0 radical (unpaired) electrons. The number of carboxylic acid groups (broad SMARTS) is 1. The fourth-order valence-electron chi connectivity index (χ4n) is 1.97. The third-order valence-electron chi connectivity index (χ3n) is 2.92. The number of amides is 2. The van der Waals surface area contributed by atoms with Crippen LogP contribution >= 0.6 is 0 Å². The second-order valence-corrected chi connectivity index (χ2v) is 7.10. The molecule has 108 valence electrons. The molecule has 1 heterocycles. The SMILES string of the molecule is C=CCC(NC(=O)NC1(C)CCS(=O)(=O)C1)C(=O)O. The number of carbonyl (C=O) groups excluding carboxylic acids is 1. The Labute approximate surface area is 112 Å². The molecule has 1 rings (SSSR count). The van der Waals surface area contributed by atoms with Crippen molar-refractivity contribution in [1.82, 2.24) is 10.6 Å². The molecule has 0 bridgehead atoms. The molecule has 1 saturated heterocycles. The van der Waals surface area contributed by atoms with Crippen molar-refractivity contribution in [1.29, 1.82) is 0 Å². The van der Waals surface area contributed by atoms with E-state index in [0.717, 1.165) is 0 Å². The molecule has 1 fully saturated rings. The van der Waals surface area contributed by atoms with Crippen LogP contribution in [0.2, 0.25) is 0 Å². The van der Waals surface area contributed by atoms with E-state index in [1.807, 2.05) is 0 Å². The molecule has 2 unspecified atom stereocenters. The van der Waals surface area contributed by atoms with Crippen LogP contribution in [0.4, 0.5) is 4.79 Å². The predicted octanol–water partition coefficient (Wildman–Crippen LogP) is -0.108. The normalized spacial score (nSPS) is 26.4. The summed E-state index contributed by atoms with van der Waals surface area (Å²) in [5.41, 5.74) is -0.847. The zero-order chi connectivity index (χ0) is 14.7. The Hall–Kier alpha value is -1.57. The van der Waals surface area contributed by atoms with Crippen LogP contribution in [0.25, 0.3) is 0 Å². The summed E-state index contributed by atoms with van der Waals surface area (Å²) in [6, 6.07) is -1.76. The van der Waals surface area contributed by atoms with Gasteiger partial charge >= 0.3 is 12.0 Å². The van der Waals surface area contributed by atoms with Crippen LogP contribution in [-0.2, 0) is 14.6 Å². The van der Waals surface area contributed by atoms with Gasteiger partial charge in [-0.05, 0) is 19.8 Å². The standard InChI is InChI=1S/C11H18N2O5S/c1-3-4-8(9(14)15)12-10(16)13-11(2)5-6-19(17,18)7-11/h3,8H,1,4-7H2,2H3,(H,14,15)(H2,12,13,16). The van der Waals surface area contributed by atoms with E-state index >= 15 is 0 Å². The highest BCUT2D eigenvalue weighted by Gasteiger charge is 2.39. The lowest BCUT2D eigenvalue weighted by atomic mass is 10.0. The maximum Gasteiger partial charge on any atom is 0.326 e. The van der Waals surface area contributed by atoms with E-state index in [4.69, 9.17) is 5.11 Å². The predicted molar refractivity (Wildman–Crippen MR) is 69.6 cm³/mol. The summed E-state index contributed by atoms with van der Waals surface area (Å²) < 4.78 is 22.8. The molecule has 0 aromatic carbocycles. The van der Waals surface area contributed by atoms with Crippen molar-refractivity contribution >= 4 is 21.8 Å². The summed E-state index contributed by atoms with van der Waals surface area (Å²) in [4.78, 5) is 22.5. The number of urea groups is 1. The monoisotopic (exact) mass is 290 g/mol. The molecular weight excluding hydrogens is 272 g/mol.